The zero-order valence-corrected chi connectivity index (χ0v) is 32.5. The van der Waals surface area contributed by atoms with Crippen molar-refractivity contribution >= 4 is 63.7 Å². The number of fused-ring (bicyclic) bond motifs is 1. The van der Waals surface area contributed by atoms with Gasteiger partial charge in [-0.25, -0.2) is 22.4 Å². The van der Waals surface area contributed by atoms with Crippen LogP contribution in [0.5, 0.6) is 5.88 Å². The predicted molar refractivity (Wildman–Crippen MR) is 198 cm³/mol. The molecule has 1 aromatic carbocycles. The molecule has 10 nitrogen and oxygen atoms in total. The van der Waals surface area contributed by atoms with E-state index in [0.29, 0.717) is 11.1 Å². The number of imidazole rings is 1. The lowest BCUT2D eigenvalue weighted by Crippen LogP contribution is -2.38. The van der Waals surface area contributed by atoms with Gasteiger partial charge in [0.05, 0.1) is 26.8 Å². The van der Waals surface area contributed by atoms with Crippen molar-refractivity contribution in [1.29, 1.82) is 0 Å². The van der Waals surface area contributed by atoms with E-state index in [2.05, 4.69) is 32.5 Å². The summed E-state index contributed by atoms with van der Waals surface area (Å²) in [6.45, 7) is 10.8. The van der Waals surface area contributed by atoms with Gasteiger partial charge in [0.15, 0.2) is 23.7 Å². The third-order valence-corrected chi connectivity index (χ3v) is 8.23. The van der Waals surface area contributed by atoms with Crippen LogP contribution in [0.15, 0.2) is 18.2 Å². The molecule has 0 atom stereocenters. The van der Waals surface area contributed by atoms with Gasteiger partial charge in [-0.2, -0.15) is 9.97 Å². The number of carbonyl (C=O) groups is 3. The summed E-state index contributed by atoms with van der Waals surface area (Å²) in [5.74, 6) is -1.68. The Hall–Kier alpha value is -3.65. The van der Waals surface area contributed by atoms with Crippen LogP contribution in [0.1, 0.15) is 116 Å². The molecule has 0 saturated heterocycles. The Balaban J connectivity index is 0.000000614. The quantitative estimate of drug-likeness (QED) is 0.105. The number of anilines is 2. The van der Waals surface area contributed by atoms with Crippen molar-refractivity contribution in [2.75, 3.05) is 11.9 Å². The van der Waals surface area contributed by atoms with Crippen molar-refractivity contribution < 1.29 is 41.8 Å². The van der Waals surface area contributed by atoms with Crippen LogP contribution in [0.4, 0.5) is 29.2 Å². The molecule has 2 heterocycles. The molecule has 4 N–H and O–H groups in total. The van der Waals surface area contributed by atoms with Gasteiger partial charge in [-0.15, -0.1) is 0 Å². The lowest BCUT2D eigenvalue weighted by Gasteiger charge is -2.20. The van der Waals surface area contributed by atoms with Gasteiger partial charge in [-0.3, -0.25) is 9.59 Å². The van der Waals surface area contributed by atoms with Crippen LogP contribution in [-0.2, 0) is 16.1 Å². The number of carbonyl (C=O) groups excluding carboxylic acids is 2. The summed E-state index contributed by atoms with van der Waals surface area (Å²) in [6.07, 6.45) is 7.69. The van der Waals surface area contributed by atoms with Gasteiger partial charge < -0.3 is 25.5 Å². The van der Waals surface area contributed by atoms with Gasteiger partial charge in [-0.1, -0.05) is 95.0 Å². The Kier molecular flexibility index (Phi) is 19.4. The van der Waals surface area contributed by atoms with Crippen LogP contribution in [0.2, 0.25) is 10.0 Å². The zero-order chi connectivity index (χ0) is 39.8. The summed E-state index contributed by atoms with van der Waals surface area (Å²) in [5.41, 5.74) is -3.00. The number of halogens is 6. The monoisotopic (exact) mass is 779 g/mol. The minimum atomic E-state index is -2.74. The van der Waals surface area contributed by atoms with Crippen LogP contribution >= 0.6 is 23.2 Å². The molecule has 1 saturated carbocycles. The van der Waals surface area contributed by atoms with Crippen LogP contribution in [0.25, 0.3) is 11.2 Å². The first kappa shape index (κ1) is 46.4. The number of H-pyrrole nitrogens is 1. The molecule has 0 spiro atoms. The number of rotatable bonds is 12. The van der Waals surface area contributed by atoms with Gasteiger partial charge >= 0.3 is 5.97 Å². The van der Waals surface area contributed by atoms with E-state index >= 15 is 0 Å². The number of aromatic nitrogens is 3. The van der Waals surface area contributed by atoms with E-state index in [4.69, 9.17) is 33.0 Å². The number of carboxylic acid groups (broad SMARTS) is 1. The van der Waals surface area contributed by atoms with E-state index < -0.39 is 42.0 Å². The zero-order valence-electron chi connectivity index (χ0n) is 31.0. The molecule has 292 valence electrons. The second-order valence-electron chi connectivity index (χ2n) is 12.8. The lowest BCUT2D eigenvalue weighted by atomic mass is 9.86. The molecule has 1 aliphatic carbocycles. The number of Topliss-reactive ketones (excluding diaryl/α,β-unsaturated/α-hetero) is 1. The number of hydrogen-bond acceptors (Lipinski definition) is 7. The molecule has 2 aromatic heterocycles. The van der Waals surface area contributed by atoms with Crippen molar-refractivity contribution in [2.45, 2.75) is 125 Å². The Morgan fingerprint density at radius 2 is 1.63 bits per heavy atom. The van der Waals surface area contributed by atoms with Crippen molar-refractivity contribution in [1.82, 2.24) is 20.3 Å². The molecule has 0 bridgehead atoms. The van der Waals surface area contributed by atoms with Crippen molar-refractivity contribution in [3.05, 3.63) is 39.4 Å². The van der Waals surface area contributed by atoms with Gasteiger partial charge in [0.1, 0.15) is 0 Å². The van der Waals surface area contributed by atoms with Crippen LogP contribution in [-0.4, -0.2) is 62.1 Å². The van der Waals surface area contributed by atoms with E-state index in [1.165, 1.54) is 64.0 Å². The molecular weight excluding hydrogens is 729 g/mol. The first-order chi connectivity index (χ1) is 24.2. The van der Waals surface area contributed by atoms with Gasteiger partial charge in [0, 0.05) is 6.54 Å². The molecule has 0 aliphatic heterocycles. The fourth-order valence-corrected chi connectivity index (χ4v) is 5.26. The fraction of sp³-hybridized carbons (Fsp3) is 0.583. The molecule has 0 radical (unpaired) electrons. The van der Waals surface area contributed by atoms with Crippen LogP contribution in [0.3, 0.4) is 0 Å². The molecule has 4 rings (SSSR count). The Morgan fingerprint density at radius 1 is 1.04 bits per heavy atom. The fourth-order valence-electron chi connectivity index (χ4n) is 4.72. The number of hydrogen-bond donors (Lipinski definition) is 4. The maximum Gasteiger partial charge on any atom is 0.340 e. The summed E-state index contributed by atoms with van der Waals surface area (Å²) >= 11 is 12.7. The second kappa shape index (κ2) is 21.8. The molecule has 1 fully saturated rings. The summed E-state index contributed by atoms with van der Waals surface area (Å²) in [7, 11) is 0. The molecular formula is C36H51Cl2F4N5O5. The van der Waals surface area contributed by atoms with Gasteiger partial charge in [0.25, 0.3) is 12.3 Å². The second-order valence-corrected chi connectivity index (χ2v) is 13.6. The SMILES string of the molecule is CC.CC(=O)c1cc2[nH]c(Nc3c(Cl)ccc(CNC(=O)C(C)(C)F)c3Cl)nc2nc1OCC(F)F.CC(C)(F)C(=O)O.CCCC1CCCCC1. The van der Waals surface area contributed by atoms with E-state index in [1.54, 1.807) is 6.07 Å². The maximum absolute atomic E-state index is 13.7. The highest BCUT2D eigenvalue weighted by atomic mass is 35.5. The standard InChI is InChI=1S/C21H20Cl2F3N5O3.C9H18.C4H7FO2.C2H6/c1-9(32)11-6-13-17(30-18(11)34-8-14(24)25)31-20(28-13)29-16-12(22)5-4-10(15(16)23)7-27-19(33)21(2,3)26;1-2-6-9-7-4-3-5-8-9;1-4(2,5)3(6)7;1-2/h4-6,14H,7-8H2,1-3H3,(H,27,33)(H2,28,29,30,31);9H,2-8H2,1H3;1-2H3,(H,6,7);1-2H3. The largest absolute Gasteiger partial charge is 0.479 e. The lowest BCUT2D eigenvalue weighted by molar-refractivity contribution is -0.148. The Bertz CT molecular complexity index is 1600. The molecule has 16 heteroatoms. The average molecular weight is 781 g/mol. The Labute approximate surface area is 312 Å². The Morgan fingerprint density at radius 3 is 2.13 bits per heavy atom. The van der Waals surface area contributed by atoms with E-state index in [-0.39, 0.29) is 45.3 Å². The summed E-state index contributed by atoms with van der Waals surface area (Å²) in [4.78, 5) is 44.5. The summed E-state index contributed by atoms with van der Waals surface area (Å²) in [6, 6.07) is 4.49. The molecule has 0 unspecified atom stereocenters. The minimum Gasteiger partial charge on any atom is -0.479 e. The highest BCUT2D eigenvalue weighted by Gasteiger charge is 2.27. The summed E-state index contributed by atoms with van der Waals surface area (Å²) in [5, 5.41) is 13.6. The molecule has 1 amide bonds. The smallest absolute Gasteiger partial charge is 0.340 e. The number of ketones is 1. The number of pyridine rings is 1. The van der Waals surface area contributed by atoms with Crippen molar-refractivity contribution in [3.63, 3.8) is 0 Å². The number of nitrogens with one attached hydrogen (secondary N) is 3. The van der Waals surface area contributed by atoms with Gasteiger partial charge in [0.2, 0.25) is 17.5 Å². The van der Waals surface area contributed by atoms with E-state index in [9.17, 15) is 31.9 Å². The minimum absolute atomic E-state index is 0.00735. The maximum atomic E-state index is 13.7. The topological polar surface area (TPSA) is 146 Å². The van der Waals surface area contributed by atoms with Crippen molar-refractivity contribution in [2.24, 2.45) is 5.92 Å². The highest BCUT2D eigenvalue weighted by molar-refractivity contribution is 6.39. The van der Waals surface area contributed by atoms with Crippen LogP contribution < -0.4 is 15.4 Å². The number of aromatic amines is 1. The first-order valence-electron chi connectivity index (χ1n) is 17.2. The number of benzene rings is 1. The number of aliphatic carboxylic acids is 1. The normalized spacial score (nSPS) is 13.1. The number of alkyl halides is 4. The molecule has 1 aliphatic rings. The molecule has 52 heavy (non-hydrogen) atoms. The number of amides is 1. The van der Waals surface area contributed by atoms with Crippen molar-refractivity contribution in [3.8, 4) is 5.88 Å². The summed E-state index contributed by atoms with van der Waals surface area (Å²) < 4.78 is 55.7. The third-order valence-electron chi connectivity index (χ3n) is 7.49. The number of carboxylic acids is 1. The first-order valence-corrected chi connectivity index (χ1v) is 18.0. The highest BCUT2D eigenvalue weighted by Crippen LogP contribution is 2.36. The number of nitrogens with zero attached hydrogens (tertiary/aromatic N) is 2. The number of ether oxygens (including phenoxy) is 1. The van der Waals surface area contributed by atoms with Crippen LogP contribution in [0, 0.1) is 5.92 Å². The molecule has 3 aromatic rings. The van der Waals surface area contributed by atoms with E-state index in [1.807, 2.05) is 13.8 Å². The van der Waals surface area contributed by atoms with E-state index in [0.717, 1.165) is 33.6 Å². The predicted octanol–water partition coefficient (Wildman–Crippen LogP) is 10.4. The van der Waals surface area contributed by atoms with Gasteiger partial charge in [-0.05, 0) is 58.2 Å². The average Bonchev–Trinajstić information content (AvgIpc) is 3.47. The third kappa shape index (κ3) is 15.5.